The van der Waals surface area contributed by atoms with Crippen LogP contribution in [0.1, 0.15) is 61.3 Å². The Morgan fingerprint density at radius 1 is 0.920 bits per heavy atom. The third kappa shape index (κ3) is 7.23. The molecule has 4 N–H and O–H groups in total. The molecule has 0 saturated heterocycles. The summed E-state index contributed by atoms with van der Waals surface area (Å²) in [7, 11) is 0. The van der Waals surface area contributed by atoms with Gasteiger partial charge in [-0.1, -0.05) is 46.2 Å². The summed E-state index contributed by atoms with van der Waals surface area (Å²) in [5, 5.41) is 35.7. The quantitative estimate of drug-likeness (QED) is 0.570. The minimum atomic E-state index is -1.23. The van der Waals surface area contributed by atoms with E-state index in [4.69, 9.17) is 10.2 Å². The molecule has 0 atom stereocenters. The van der Waals surface area contributed by atoms with Crippen LogP contribution in [-0.4, -0.2) is 45.6 Å². The number of carboxylic acid groups (broad SMARTS) is 2. The van der Waals surface area contributed by atoms with Gasteiger partial charge in [0.15, 0.2) is 0 Å². The fourth-order valence-corrected chi connectivity index (χ4v) is 2.29. The normalized spacial score (nSPS) is 11.2. The number of carbonyl (C=O) groups is 2. The molecule has 0 unspecified atom stereocenters. The molecule has 0 radical (unpaired) electrons. The molecule has 0 aliphatic rings. The maximum Gasteiger partial charge on any atom is 0.336 e. The molecule has 0 bridgehead atoms. The zero-order valence-corrected chi connectivity index (χ0v) is 15.4. The van der Waals surface area contributed by atoms with Gasteiger partial charge in [0.05, 0.1) is 24.3 Å². The van der Waals surface area contributed by atoms with Gasteiger partial charge in [-0.05, 0) is 30.4 Å². The highest BCUT2D eigenvalue weighted by molar-refractivity contribution is 6.01. The van der Waals surface area contributed by atoms with Gasteiger partial charge in [0.25, 0.3) is 0 Å². The molecule has 0 aliphatic heterocycles. The minimum absolute atomic E-state index is 0.0912. The fraction of sp³-hybridized carbons (Fsp3) is 0.579. The summed E-state index contributed by atoms with van der Waals surface area (Å²) in [6.07, 6.45) is 1.98. The molecule has 25 heavy (non-hydrogen) atoms. The second-order valence-corrected chi connectivity index (χ2v) is 6.92. The van der Waals surface area contributed by atoms with E-state index in [0.29, 0.717) is 11.8 Å². The number of rotatable bonds is 8. The summed E-state index contributed by atoms with van der Waals surface area (Å²) in [5.74, 6) is -1.49. The second kappa shape index (κ2) is 10.8. The van der Waals surface area contributed by atoms with Crippen molar-refractivity contribution in [3.63, 3.8) is 0 Å². The average molecular weight is 354 g/mol. The molecule has 0 aromatic heterocycles. The molecule has 0 saturated carbocycles. The first-order chi connectivity index (χ1) is 11.6. The Bertz CT molecular complexity index is 514. The first-order valence-corrected chi connectivity index (χ1v) is 8.38. The van der Waals surface area contributed by atoms with Gasteiger partial charge in [-0.2, -0.15) is 0 Å². The van der Waals surface area contributed by atoms with Crippen LogP contribution in [0.2, 0.25) is 0 Å². The Hall–Kier alpha value is -1.92. The largest absolute Gasteiger partial charge is 0.478 e. The zero-order valence-electron chi connectivity index (χ0n) is 15.4. The number of hydrogen-bond donors (Lipinski definition) is 4. The van der Waals surface area contributed by atoms with E-state index >= 15 is 0 Å². The number of hydrogen-bond acceptors (Lipinski definition) is 4. The van der Waals surface area contributed by atoms with Gasteiger partial charge < -0.3 is 20.4 Å². The van der Waals surface area contributed by atoms with Crippen LogP contribution >= 0.6 is 0 Å². The lowest BCUT2D eigenvalue weighted by Gasteiger charge is -2.34. The third-order valence-corrected chi connectivity index (χ3v) is 4.46. The van der Waals surface area contributed by atoms with Crippen LogP contribution in [-0.2, 0) is 0 Å². The van der Waals surface area contributed by atoms with Crippen molar-refractivity contribution in [2.24, 2.45) is 17.3 Å². The number of aliphatic hydroxyl groups is 2. The number of aliphatic hydroxyl groups excluding tert-OH is 2. The van der Waals surface area contributed by atoms with E-state index in [9.17, 15) is 19.8 Å². The Morgan fingerprint density at radius 3 is 1.56 bits per heavy atom. The van der Waals surface area contributed by atoms with Crippen molar-refractivity contribution in [1.82, 2.24) is 0 Å². The van der Waals surface area contributed by atoms with Crippen LogP contribution in [0.4, 0.5) is 0 Å². The molecule has 0 heterocycles. The topological polar surface area (TPSA) is 115 Å². The van der Waals surface area contributed by atoms with Gasteiger partial charge in [0.1, 0.15) is 0 Å². The van der Waals surface area contributed by atoms with E-state index in [1.165, 1.54) is 24.3 Å². The molecule has 6 heteroatoms. The summed E-state index contributed by atoms with van der Waals surface area (Å²) in [5.41, 5.74) is -0.653. The van der Waals surface area contributed by atoms with Gasteiger partial charge in [-0.25, -0.2) is 9.59 Å². The predicted molar refractivity (Wildman–Crippen MR) is 95.9 cm³/mol. The van der Waals surface area contributed by atoms with E-state index in [2.05, 4.69) is 27.7 Å². The Morgan fingerprint density at radius 2 is 1.32 bits per heavy atom. The monoisotopic (exact) mass is 354 g/mol. The highest BCUT2D eigenvalue weighted by atomic mass is 16.4. The van der Waals surface area contributed by atoms with Crippen molar-refractivity contribution in [3.05, 3.63) is 35.4 Å². The van der Waals surface area contributed by atoms with Crippen molar-refractivity contribution in [2.75, 3.05) is 13.2 Å². The minimum Gasteiger partial charge on any atom is -0.478 e. The van der Waals surface area contributed by atoms with Crippen LogP contribution < -0.4 is 0 Å². The van der Waals surface area contributed by atoms with Crippen molar-refractivity contribution >= 4 is 11.9 Å². The molecular formula is C19H30O6. The molecule has 1 aromatic carbocycles. The molecule has 1 aromatic rings. The van der Waals surface area contributed by atoms with E-state index in [0.717, 1.165) is 12.8 Å². The Balaban J connectivity index is 0.000000462. The smallest absolute Gasteiger partial charge is 0.336 e. The molecule has 0 fully saturated rings. The van der Waals surface area contributed by atoms with Crippen LogP contribution in [0.3, 0.4) is 0 Å². The fourth-order valence-electron chi connectivity index (χ4n) is 2.29. The van der Waals surface area contributed by atoms with Crippen molar-refractivity contribution in [3.8, 4) is 0 Å². The van der Waals surface area contributed by atoms with Crippen LogP contribution in [0, 0.1) is 17.3 Å². The van der Waals surface area contributed by atoms with Gasteiger partial charge in [0, 0.05) is 5.41 Å². The van der Waals surface area contributed by atoms with E-state index in [-0.39, 0.29) is 29.8 Å². The van der Waals surface area contributed by atoms with E-state index < -0.39 is 11.9 Å². The van der Waals surface area contributed by atoms with Gasteiger partial charge in [-0.15, -0.1) is 0 Å². The zero-order chi connectivity index (χ0) is 19.6. The molecule has 6 nitrogen and oxygen atoms in total. The van der Waals surface area contributed by atoms with Crippen LogP contribution in [0.15, 0.2) is 24.3 Å². The third-order valence-electron chi connectivity index (χ3n) is 4.46. The SMILES string of the molecule is CC(C)CCC(CO)(CO)C(C)C.O=C(O)c1ccccc1C(=O)O. The lowest BCUT2D eigenvalue weighted by molar-refractivity contribution is 0.00497. The lowest BCUT2D eigenvalue weighted by Crippen LogP contribution is -2.35. The second-order valence-electron chi connectivity index (χ2n) is 6.92. The van der Waals surface area contributed by atoms with Gasteiger partial charge in [0.2, 0.25) is 0 Å². The Kier molecular flexibility index (Phi) is 10.0. The summed E-state index contributed by atoms with van der Waals surface area (Å²) < 4.78 is 0. The standard InChI is InChI=1S/C11H24O2.C8H6O4/c1-9(2)5-6-11(7-12,8-13)10(3)4;9-7(10)5-3-1-2-4-6(5)8(11)12/h9-10,12-13H,5-8H2,1-4H3;1-4H,(H,9,10)(H,11,12). The van der Waals surface area contributed by atoms with Crippen molar-refractivity contribution in [2.45, 2.75) is 40.5 Å². The van der Waals surface area contributed by atoms with Gasteiger partial charge >= 0.3 is 11.9 Å². The maximum atomic E-state index is 10.5. The van der Waals surface area contributed by atoms with Crippen LogP contribution in [0.5, 0.6) is 0 Å². The number of benzene rings is 1. The lowest BCUT2D eigenvalue weighted by atomic mass is 9.74. The van der Waals surface area contributed by atoms with Gasteiger partial charge in [-0.3, -0.25) is 0 Å². The predicted octanol–water partition coefficient (Wildman–Crippen LogP) is 3.13. The molecule has 1 rings (SSSR count). The first kappa shape index (κ1) is 23.1. The maximum absolute atomic E-state index is 10.5. The Labute approximate surface area is 149 Å². The number of carboxylic acids is 2. The first-order valence-electron chi connectivity index (χ1n) is 8.38. The average Bonchev–Trinajstić information content (AvgIpc) is 2.56. The summed E-state index contributed by atoms with van der Waals surface area (Å²) >= 11 is 0. The molecular weight excluding hydrogens is 324 g/mol. The molecule has 142 valence electrons. The van der Waals surface area contributed by atoms with E-state index in [1.807, 2.05) is 0 Å². The number of aromatic carboxylic acids is 2. The van der Waals surface area contributed by atoms with Crippen molar-refractivity contribution < 1.29 is 30.0 Å². The summed E-state index contributed by atoms with van der Waals surface area (Å²) in [6, 6.07) is 5.48. The molecule has 0 spiro atoms. The van der Waals surface area contributed by atoms with E-state index in [1.54, 1.807) is 0 Å². The van der Waals surface area contributed by atoms with Crippen LogP contribution in [0.25, 0.3) is 0 Å². The summed E-state index contributed by atoms with van der Waals surface area (Å²) in [4.78, 5) is 20.9. The molecule has 0 amide bonds. The highest BCUT2D eigenvalue weighted by Gasteiger charge is 2.32. The summed E-state index contributed by atoms with van der Waals surface area (Å²) in [6.45, 7) is 8.64. The van der Waals surface area contributed by atoms with Crippen molar-refractivity contribution in [1.29, 1.82) is 0 Å². The highest BCUT2D eigenvalue weighted by Crippen LogP contribution is 2.33. The molecule has 0 aliphatic carbocycles.